The van der Waals surface area contributed by atoms with E-state index in [0.29, 0.717) is 17.4 Å². The van der Waals surface area contributed by atoms with Gasteiger partial charge in [0.2, 0.25) is 5.91 Å². The Morgan fingerprint density at radius 2 is 1.95 bits per heavy atom. The van der Waals surface area contributed by atoms with Crippen LogP contribution in [0.4, 0.5) is 0 Å². The zero-order chi connectivity index (χ0) is 14.7. The van der Waals surface area contributed by atoms with E-state index in [1.54, 1.807) is 11.3 Å². The molecule has 114 valence electrons. The molecule has 4 rings (SSSR count). The van der Waals surface area contributed by atoms with E-state index < -0.39 is 0 Å². The molecule has 2 saturated carbocycles. The number of amides is 1. The molecule has 0 bridgehead atoms. The summed E-state index contributed by atoms with van der Waals surface area (Å²) in [6, 6.07) is 4.67. The molecule has 1 aliphatic heterocycles. The van der Waals surface area contributed by atoms with Crippen molar-refractivity contribution in [1.29, 1.82) is 0 Å². The summed E-state index contributed by atoms with van der Waals surface area (Å²) in [7, 11) is 0. The lowest BCUT2D eigenvalue weighted by Gasteiger charge is -2.40. The number of hydrogen-bond donors (Lipinski definition) is 1. The van der Waals surface area contributed by atoms with Gasteiger partial charge in [0.25, 0.3) is 0 Å². The molecule has 1 aromatic rings. The number of nitrogens with zero attached hydrogens (tertiary/aromatic N) is 1. The molecule has 2 aliphatic carbocycles. The molecule has 21 heavy (non-hydrogen) atoms. The molecule has 3 aliphatic rings. The van der Waals surface area contributed by atoms with Crippen molar-refractivity contribution in [3.63, 3.8) is 0 Å². The van der Waals surface area contributed by atoms with Crippen molar-refractivity contribution in [3.05, 3.63) is 22.4 Å². The predicted octanol–water partition coefficient (Wildman–Crippen LogP) is 3.68. The minimum atomic E-state index is -0.207. The molecule has 2 heterocycles. The van der Waals surface area contributed by atoms with Crippen LogP contribution in [-0.4, -0.2) is 22.4 Å². The monoisotopic (exact) mass is 304 g/mol. The molecule has 3 fully saturated rings. The van der Waals surface area contributed by atoms with Gasteiger partial charge in [-0.05, 0) is 55.4 Å². The van der Waals surface area contributed by atoms with E-state index in [4.69, 9.17) is 0 Å². The average molecular weight is 304 g/mol. The number of carbonyl (C=O) groups excluding carboxylic acids is 1. The van der Waals surface area contributed by atoms with E-state index >= 15 is 0 Å². The molecule has 0 aromatic carbocycles. The first-order chi connectivity index (χ1) is 10.0. The van der Waals surface area contributed by atoms with Gasteiger partial charge in [-0.3, -0.25) is 10.1 Å². The highest BCUT2D eigenvalue weighted by Gasteiger charge is 2.60. The Bertz CT molecular complexity index is 537. The van der Waals surface area contributed by atoms with Crippen LogP contribution in [0.3, 0.4) is 0 Å². The number of nitrogens with one attached hydrogen (secondary N) is 1. The summed E-state index contributed by atoms with van der Waals surface area (Å²) in [5, 5.41) is 5.76. The summed E-state index contributed by atoms with van der Waals surface area (Å²) in [6.45, 7) is 4.71. The predicted molar refractivity (Wildman–Crippen MR) is 85.0 cm³/mol. The fourth-order valence-electron chi connectivity index (χ4n) is 3.93. The summed E-state index contributed by atoms with van der Waals surface area (Å²) in [4.78, 5) is 16.4. The van der Waals surface area contributed by atoms with Gasteiger partial charge in [0.15, 0.2) is 0 Å². The topological polar surface area (TPSA) is 32.3 Å². The van der Waals surface area contributed by atoms with E-state index in [9.17, 15) is 4.79 Å². The van der Waals surface area contributed by atoms with Crippen molar-refractivity contribution in [2.45, 2.75) is 70.1 Å². The molecule has 1 saturated heterocycles. The van der Waals surface area contributed by atoms with Gasteiger partial charge in [-0.25, -0.2) is 0 Å². The maximum atomic E-state index is 12.9. The van der Waals surface area contributed by atoms with Crippen LogP contribution in [0, 0.1) is 5.41 Å². The number of hydrogen-bond acceptors (Lipinski definition) is 3. The van der Waals surface area contributed by atoms with Gasteiger partial charge in [0, 0.05) is 10.9 Å². The normalized spacial score (nSPS) is 31.0. The van der Waals surface area contributed by atoms with E-state index in [1.165, 1.54) is 17.7 Å². The Morgan fingerprint density at radius 3 is 2.52 bits per heavy atom. The quantitative estimate of drug-likeness (QED) is 0.904. The molecule has 1 spiro atoms. The second-order valence-corrected chi connectivity index (χ2v) is 8.73. The van der Waals surface area contributed by atoms with E-state index in [-0.39, 0.29) is 11.7 Å². The van der Waals surface area contributed by atoms with Crippen molar-refractivity contribution < 1.29 is 4.79 Å². The van der Waals surface area contributed by atoms with Crippen LogP contribution < -0.4 is 5.32 Å². The van der Waals surface area contributed by atoms with Crippen molar-refractivity contribution in [1.82, 2.24) is 10.2 Å². The molecule has 1 atom stereocenters. The van der Waals surface area contributed by atoms with Gasteiger partial charge in [-0.15, -0.1) is 11.3 Å². The maximum Gasteiger partial charge on any atom is 0.244 e. The summed E-state index contributed by atoms with van der Waals surface area (Å²) in [5.74, 6) is 0.366. The Kier molecular flexibility index (Phi) is 2.99. The van der Waals surface area contributed by atoms with E-state index in [1.807, 2.05) is 0 Å². The van der Waals surface area contributed by atoms with Gasteiger partial charge >= 0.3 is 0 Å². The second-order valence-electron chi connectivity index (χ2n) is 7.75. The molecule has 3 nitrogen and oxygen atoms in total. The Hall–Kier alpha value is -0.870. The highest BCUT2D eigenvalue weighted by Crippen LogP contribution is 2.49. The van der Waals surface area contributed by atoms with Gasteiger partial charge < -0.3 is 4.90 Å². The third kappa shape index (κ3) is 2.23. The van der Waals surface area contributed by atoms with Crippen LogP contribution in [0.15, 0.2) is 17.5 Å². The van der Waals surface area contributed by atoms with Crippen molar-refractivity contribution >= 4 is 17.2 Å². The first-order valence-electron chi connectivity index (χ1n) is 8.15. The van der Waals surface area contributed by atoms with Crippen LogP contribution in [0.25, 0.3) is 0 Å². The number of thiophene rings is 1. The molecule has 1 amide bonds. The standard InChI is InChI=1S/C17H24N2OS/c1-16(2)7-5-12(6-8-16)19-14(13-4-3-11-21-13)18-17(9-10-17)15(19)20/h3-4,11-12,14,18H,5-10H2,1-2H3. The largest absolute Gasteiger partial charge is 0.317 e. The lowest BCUT2D eigenvalue weighted by Crippen LogP contribution is -2.43. The third-order valence-electron chi connectivity index (χ3n) is 5.60. The summed E-state index contributed by atoms with van der Waals surface area (Å²) < 4.78 is 0. The fourth-order valence-corrected chi connectivity index (χ4v) is 4.71. The Morgan fingerprint density at radius 1 is 1.24 bits per heavy atom. The van der Waals surface area contributed by atoms with Crippen LogP contribution >= 0.6 is 11.3 Å². The molecule has 0 radical (unpaired) electrons. The van der Waals surface area contributed by atoms with Crippen LogP contribution in [0.2, 0.25) is 0 Å². The van der Waals surface area contributed by atoms with Crippen LogP contribution in [-0.2, 0) is 4.79 Å². The van der Waals surface area contributed by atoms with E-state index in [2.05, 4.69) is 41.6 Å². The fraction of sp³-hybridized carbons (Fsp3) is 0.706. The molecular formula is C17H24N2OS. The maximum absolute atomic E-state index is 12.9. The Balaban J connectivity index is 1.60. The first-order valence-corrected chi connectivity index (χ1v) is 9.03. The zero-order valence-corrected chi connectivity index (χ0v) is 13.7. The van der Waals surface area contributed by atoms with Gasteiger partial charge in [0.1, 0.15) is 11.7 Å². The number of carbonyl (C=O) groups is 1. The zero-order valence-electron chi connectivity index (χ0n) is 12.9. The second kappa shape index (κ2) is 4.56. The molecule has 4 heteroatoms. The Labute approximate surface area is 130 Å². The molecular weight excluding hydrogens is 280 g/mol. The highest BCUT2D eigenvalue weighted by molar-refractivity contribution is 7.10. The van der Waals surface area contributed by atoms with Crippen molar-refractivity contribution in [2.75, 3.05) is 0 Å². The minimum Gasteiger partial charge on any atom is -0.317 e. The van der Waals surface area contributed by atoms with Gasteiger partial charge in [-0.2, -0.15) is 0 Å². The molecule has 1 N–H and O–H groups in total. The first kappa shape index (κ1) is 13.8. The van der Waals surface area contributed by atoms with Gasteiger partial charge in [-0.1, -0.05) is 19.9 Å². The third-order valence-corrected chi connectivity index (χ3v) is 6.52. The smallest absolute Gasteiger partial charge is 0.244 e. The summed E-state index contributed by atoms with van der Waals surface area (Å²) in [5.41, 5.74) is 0.240. The molecule has 1 unspecified atom stereocenters. The van der Waals surface area contributed by atoms with Crippen molar-refractivity contribution in [2.24, 2.45) is 5.41 Å². The SMILES string of the molecule is CC1(C)CCC(N2C(=O)C3(CC3)NC2c2cccs2)CC1. The van der Waals surface area contributed by atoms with Crippen LogP contribution in [0.1, 0.15) is 63.4 Å². The lowest BCUT2D eigenvalue weighted by atomic mass is 9.75. The lowest BCUT2D eigenvalue weighted by molar-refractivity contribution is -0.134. The summed E-state index contributed by atoms with van der Waals surface area (Å²) >= 11 is 1.76. The minimum absolute atomic E-state index is 0.117. The number of rotatable bonds is 2. The van der Waals surface area contributed by atoms with Gasteiger partial charge in [0.05, 0.1) is 0 Å². The average Bonchev–Trinajstić information content (AvgIpc) is 2.92. The molecule has 1 aromatic heterocycles. The summed E-state index contributed by atoms with van der Waals surface area (Å²) in [6.07, 6.45) is 6.91. The van der Waals surface area contributed by atoms with Crippen LogP contribution in [0.5, 0.6) is 0 Å². The van der Waals surface area contributed by atoms with Crippen molar-refractivity contribution in [3.8, 4) is 0 Å². The highest BCUT2D eigenvalue weighted by atomic mass is 32.1. The van der Waals surface area contributed by atoms with E-state index in [0.717, 1.165) is 25.7 Å².